The largest absolute Gasteiger partial charge is 0.482 e. The first-order valence-electron chi connectivity index (χ1n) is 8.18. The van der Waals surface area contributed by atoms with Gasteiger partial charge in [0.25, 0.3) is 5.91 Å². The summed E-state index contributed by atoms with van der Waals surface area (Å²) in [6.07, 6.45) is 0.940. The van der Waals surface area contributed by atoms with Crippen molar-refractivity contribution in [3.8, 4) is 5.75 Å². The number of amides is 1. The smallest absolute Gasteiger partial charge is 0.344 e. The number of aromatic nitrogens is 1. The Labute approximate surface area is 160 Å². The molecule has 0 spiro atoms. The third kappa shape index (κ3) is 7.06. The van der Waals surface area contributed by atoms with Gasteiger partial charge in [0.1, 0.15) is 5.75 Å². The van der Waals surface area contributed by atoms with Gasteiger partial charge < -0.3 is 14.2 Å². The Morgan fingerprint density at radius 3 is 2.52 bits per heavy atom. The fourth-order valence-electron chi connectivity index (χ4n) is 1.97. The molecule has 0 saturated heterocycles. The van der Waals surface area contributed by atoms with Crippen molar-refractivity contribution in [2.45, 2.75) is 19.8 Å². The quantitative estimate of drug-likeness (QED) is 0.651. The lowest BCUT2D eigenvalue weighted by molar-refractivity contribution is -0.149. The predicted molar refractivity (Wildman–Crippen MR) is 98.7 cm³/mol. The van der Waals surface area contributed by atoms with Crippen molar-refractivity contribution in [2.24, 2.45) is 0 Å². The summed E-state index contributed by atoms with van der Waals surface area (Å²) >= 11 is 1.16. The molecule has 9 heteroatoms. The minimum absolute atomic E-state index is 0.0223. The van der Waals surface area contributed by atoms with Gasteiger partial charge in [-0.1, -0.05) is 19.1 Å². The van der Waals surface area contributed by atoms with Gasteiger partial charge in [0, 0.05) is 5.38 Å². The Morgan fingerprint density at radius 2 is 1.85 bits per heavy atom. The van der Waals surface area contributed by atoms with Gasteiger partial charge in [0.05, 0.1) is 19.2 Å². The SMILES string of the molecule is CCc1ccc(OCC(=O)OCC(=O)Nc2nc(CC(=O)OC)cs2)cc1. The summed E-state index contributed by atoms with van der Waals surface area (Å²) in [5, 5.41) is 4.44. The number of esters is 2. The highest BCUT2D eigenvalue weighted by Crippen LogP contribution is 2.16. The molecule has 0 unspecified atom stereocenters. The third-order valence-electron chi connectivity index (χ3n) is 3.40. The van der Waals surface area contributed by atoms with E-state index in [2.05, 4.69) is 15.0 Å². The summed E-state index contributed by atoms with van der Waals surface area (Å²) in [6.45, 7) is 1.30. The lowest BCUT2D eigenvalue weighted by Gasteiger charge is -2.07. The van der Waals surface area contributed by atoms with E-state index in [1.54, 1.807) is 17.5 Å². The Morgan fingerprint density at radius 1 is 1.11 bits per heavy atom. The highest BCUT2D eigenvalue weighted by atomic mass is 32.1. The molecule has 27 heavy (non-hydrogen) atoms. The number of benzene rings is 1. The molecule has 1 N–H and O–H groups in total. The molecule has 0 bridgehead atoms. The average Bonchev–Trinajstić information content (AvgIpc) is 3.11. The van der Waals surface area contributed by atoms with Crippen LogP contribution in [0.3, 0.4) is 0 Å². The molecule has 0 atom stereocenters. The highest BCUT2D eigenvalue weighted by Gasteiger charge is 2.12. The average molecular weight is 392 g/mol. The number of methoxy groups -OCH3 is 1. The van der Waals surface area contributed by atoms with Crippen LogP contribution in [0.15, 0.2) is 29.6 Å². The zero-order valence-corrected chi connectivity index (χ0v) is 15.8. The maximum Gasteiger partial charge on any atom is 0.344 e. The van der Waals surface area contributed by atoms with Crippen LogP contribution in [0.25, 0.3) is 0 Å². The number of rotatable bonds is 9. The molecule has 1 heterocycles. The van der Waals surface area contributed by atoms with Crippen LogP contribution in [0.5, 0.6) is 5.75 Å². The Kier molecular flexibility index (Phi) is 7.75. The molecule has 2 aromatic rings. The fraction of sp³-hybridized carbons (Fsp3) is 0.333. The van der Waals surface area contributed by atoms with Crippen molar-refractivity contribution in [1.29, 1.82) is 0 Å². The molecule has 0 radical (unpaired) electrons. The Bertz CT molecular complexity index is 787. The van der Waals surface area contributed by atoms with Crippen LogP contribution < -0.4 is 10.1 Å². The second-order valence-electron chi connectivity index (χ2n) is 5.39. The number of carbonyl (C=O) groups excluding carboxylic acids is 3. The standard InChI is InChI=1S/C18H20N2O6S/c1-3-12-4-6-14(7-5-12)25-10-17(23)26-9-15(21)20-18-19-13(11-27-18)8-16(22)24-2/h4-7,11H,3,8-10H2,1-2H3,(H,19,20,21). The van der Waals surface area contributed by atoms with Crippen LogP contribution >= 0.6 is 11.3 Å². The van der Waals surface area contributed by atoms with Crippen molar-refractivity contribution >= 4 is 34.3 Å². The van der Waals surface area contributed by atoms with E-state index in [9.17, 15) is 14.4 Å². The van der Waals surface area contributed by atoms with Crippen LogP contribution in [0.2, 0.25) is 0 Å². The van der Waals surface area contributed by atoms with Gasteiger partial charge in [-0.25, -0.2) is 9.78 Å². The number of hydrogen-bond donors (Lipinski definition) is 1. The first kappa shape index (κ1) is 20.4. The van der Waals surface area contributed by atoms with E-state index in [-0.39, 0.29) is 13.0 Å². The summed E-state index contributed by atoms with van der Waals surface area (Å²) < 4.78 is 14.7. The van der Waals surface area contributed by atoms with Crippen molar-refractivity contribution < 1.29 is 28.6 Å². The number of nitrogens with zero attached hydrogens (tertiary/aromatic N) is 1. The number of ether oxygens (including phenoxy) is 3. The lowest BCUT2D eigenvalue weighted by atomic mass is 10.2. The van der Waals surface area contributed by atoms with Crippen LogP contribution in [-0.4, -0.2) is 43.2 Å². The second-order valence-corrected chi connectivity index (χ2v) is 6.25. The van der Waals surface area contributed by atoms with Gasteiger partial charge in [-0.15, -0.1) is 11.3 Å². The number of nitrogens with one attached hydrogen (secondary N) is 1. The third-order valence-corrected chi connectivity index (χ3v) is 4.21. The summed E-state index contributed by atoms with van der Waals surface area (Å²) in [5.41, 5.74) is 1.65. The van der Waals surface area contributed by atoms with Crippen molar-refractivity contribution in [3.05, 3.63) is 40.9 Å². The number of hydrogen-bond acceptors (Lipinski definition) is 8. The van der Waals surface area contributed by atoms with Crippen LogP contribution in [0, 0.1) is 0 Å². The summed E-state index contributed by atoms with van der Waals surface area (Å²) in [4.78, 5) is 38.7. The minimum Gasteiger partial charge on any atom is -0.482 e. The van der Waals surface area contributed by atoms with Crippen LogP contribution in [-0.2, 0) is 36.7 Å². The minimum atomic E-state index is -0.657. The van der Waals surface area contributed by atoms with E-state index in [1.807, 2.05) is 19.1 Å². The van der Waals surface area contributed by atoms with Gasteiger partial charge in [0.15, 0.2) is 18.3 Å². The Balaban J connectivity index is 1.69. The molecule has 1 amide bonds. The maximum absolute atomic E-state index is 11.8. The van der Waals surface area contributed by atoms with Crippen LogP contribution in [0.4, 0.5) is 5.13 Å². The molecule has 0 aliphatic carbocycles. The van der Waals surface area contributed by atoms with Crippen molar-refractivity contribution in [3.63, 3.8) is 0 Å². The molecular formula is C18H20N2O6S. The summed E-state index contributed by atoms with van der Waals surface area (Å²) in [5.74, 6) is -1.06. The number of anilines is 1. The molecule has 0 aliphatic heterocycles. The van der Waals surface area contributed by atoms with Gasteiger partial charge in [-0.3, -0.25) is 14.9 Å². The topological polar surface area (TPSA) is 104 Å². The van der Waals surface area contributed by atoms with Gasteiger partial charge >= 0.3 is 11.9 Å². The molecular weight excluding hydrogens is 372 g/mol. The number of aryl methyl sites for hydroxylation is 1. The van der Waals surface area contributed by atoms with E-state index in [4.69, 9.17) is 9.47 Å². The van der Waals surface area contributed by atoms with Gasteiger partial charge in [0.2, 0.25) is 0 Å². The second kappa shape index (κ2) is 10.3. The molecule has 8 nitrogen and oxygen atoms in total. The lowest BCUT2D eigenvalue weighted by Crippen LogP contribution is -2.23. The van der Waals surface area contributed by atoms with Gasteiger partial charge in [-0.2, -0.15) is 0 Å². The molecule has 0 fully saturated rings. The highest BCUT2D eigenvalue weighted by molar-refractivity contribution is 7.13. The first-order valence-corrected chi connectivity index (χ1v) is 9.06. The number of carbonyl (C=O) groups is 3. The van der Waals surface area contributed by atoms with E-state index < -0.39 is 24.5 Å². The van der Waals surface area contributed by atoms with Crippen molar-refractivity contribution in [1.82, 2.24) is 4.98 Å². The zero-order chi connectivity index (χ0) is 19.6. The normalized spacial score (nSPS) is 10.1. The fourth-order valence-corrected chi connectivity index (χ4v) is 2.70. The van der Waals surface area contributed by atoms with Gasteiger partial charge in [-0.05, 0) is 24.1 Å². The molecule has 0 aliphatic rings. The molecule has 2 rings (SSSR count). The molecule has 144 valence electrons. The van der Waals surface area contributed by atoms with Crippen molar-refractivity contribution in [2.75, 3.05) is 25.6 Å². The predicted octanol–water partition coefficient (Wildman–Crippen LogP) is 1.98. The number of thiazole rings is 1. The van der Waals surface area contributed by atoms with E-state index >= 15 is 0 Å². The van der Waals surface area contributed by atoms with E-state index in [0.29, 0.717) is 16.6 Å². The first-order chi connectivity index (χ1) is 13.0. The molecule has 0 saturated carbocycles. The monoisotopic (exact) mass is 392 g/mol. The zero-order valence-electron chi connectivity index (χ0n) is 15.0. The maximum atomic E-state index is 11.8. The van der Waals surface area contributed by atoms with E-state index in [0.717, 1.165) is 17.8 Å². The summed E-state index contributed by atoms with van der Waals surface area (Å²) in [7, 11) is 1.29. The van der Waals surface area contributed by atoms with Crippen LogP contribution in [0.1, 0.15) is 18.2 Å². The Hall–Kier alpha value is -2.94. The van der Waals surface area contributed by atoms with E-state index in [1.165, 1.54) is 12.7 Å². The molecule has 1 aromatic heterocycles. The summed E-state index contributed by atoms with van der Waals surface area (Å²) in [6, 6.07) is 7.37. The molecule has 1 aromatic carbocycles.